The molecule has 9 heteroatoms. The predicted molar refractivity (Wildman–Crippen MR) is 96.6 cm³/mol. The van der Waals surface area contributed by atoms with Crippen LogP contribution in [0.3, 0.4) is 0 Å². The number of aryl methyl sites for hydroxylation is 1. The molecule has 0 saturated carbocycles. The van der Waals surface area contributed by atoms with E-state index in [1.165, 1.54) is 27.7 Å². The maximum atomic E-state index is 12.7. The lowest BCUT2D eigenvalue weighted by atomic mass is 10.1. The molecule has 142 valence electrons. The standard InChI is InChI=1S/C18H19N3O6/c1-9-14(15-17(23)20-8-21-18(15)27-9)16(22)19-7-10-5-12(25-3)13(26-4)6-11(10)24-2/h5-6,8H,7H2,1-4H3,(H,19,22)(H,20,21,23). The van der Waals surface area contributed by atoms with Gasteiger partial charge in [0.15, 0.2) is 11.5 Å². The summed E-state index contributed by atoms with van der Waals surface area (Å²) in [6, 6.07) is 3.39. The summed E-state index contributed by atoms with van der Waals surface area (Å²) in [4.78, 5) is 31.1. The number of furan rings is 1. The summed E-state index contributed by atoms with van der Waals surface area (Å²) in [6.45, 7) is 1.75. The van der Waals surface area contributed by atoms with Gasteiger partial charge >= 0.3 is 0 Å². The van der Waals surface area contributed by atoms with Crippen LogP contribution in [-0.2, 0) is 6.54 Å². The number of fused-ring (bicyclic) bond motifs is 1. The lowest BCUT2D eigenvalue weighted by Crippen LogP contribution is -2.25. The molecule has 0 bridgehead atoms. The molecule has 0 radical (unpaired) electrons. The van der Waals surface area contributed by atoms with Crippen molar-refractivity contribution in [3.63, 3.8) is 0 Å². The first-order valence-electron chi connectivity index (χ1n) is 8.04. The summed E-state index contributed by atoms with van der Waals surface area (Å²) in [5.41, 5.74) is 0.510. The van der Waals surface area contributed by atoms with Crippen LogP contribution in [0, 0.1) is 6.92 Å². The van der Waals surface area contributed by atoms with Crippen LogP contribution in [0.5, 0.6) is 17.2 Å². The molecule has 0 atom stereocenters. The number of methoxy groups -OCH3 is 3. The maximum Gasteiger partial charge on any atom is 0.262 e. The normalized spacial score (nSPS) is 10.7. The van der Waals surface area contributed by atoms with E-state index in [1.54, 1.807) is 19.1 Å². The number of nitrogens with zero attached hydrogens (tertiary/aromatic N) is 1. The minimum absolute atomic E-state index is 0.116. The second-order valence-electron chi connectivity index (χ2n) is 5.65. The van der Waals surface area contributed by atoms with Crippen LogP contribution in [0.4, 0.5) is 0 Å². The highest BCUT2D eigenvalue weighted by Crippen LogP contribution is 2.34. The van der Waals surface area contributed by atoms with Gasteiger partial charge < -0.3 is 28.9 Å². The van der Waals surface area contributed by atoms with Crippen molar-refractivity contribution in [1.29, 1.82) is 0 Å². The van der Waals surface area contributed by atoms with Gasteiger partial charge in [-0.1, -0.05) is 0 Å². The zero-order chi connectivity index (χ0) is 19.6. The molecule has 0 saturated heterocycles. The SMILES string of the molecule is COc1cc(OC)c(OC)cc1CNC(=O)c1c(C)oc2nc[nH]c(=O)c12. The number of aromatic amines is 1. The van der Waals surface area contributed by atoms with Crippen LogP contribution >= 0.6 is 0 Å². The quantitative estimate of drug-likeness (QED) is 0.676. The van der Waals surface area contributed by atoms with Gasteiger partial charge in [0.2, 0.25) is 5.71 Å². The van der Waals surface area contributed by atoms with E-state index in [0.29, 0.717) is 28.6 Å². The van der Waals surface area contributed by atoms with E-state index in [4.69, 9.17) is 18.6 Å². The number of rotatable bonds is 6. The number of ether oxygens (including phenoxy) is 3. The topological polar surface area (TPSA) is 116 Å². The molecule has 2 aromatic heterocycles. The van der Waals surface area contributed by atoms with Gasteiger partial charge in [-0.3, -0.25) is 9.59 Å². The van der Waals surface area contributed by atoms with Crippen molar-refractivity contribution in [1.82, 2.24) is 15.3 Å². The molecular formula is C18H19N3O6. The number of benzene rings is 1. The zero-order valence-electron chi connectivity index (χ0n) is 15.3. The lowest BCUT2D eigenvalue weighted by Gasteiger charge is -2.14. The van der Waals surface area contributed by atoms with Crippen molar-refractivity contribution in [2.24, 2.45) is 0 Å². The third kappa shape index (κ3) is 3.31. The van der Waals surface area contributed by atoms with Crippen LogP contribution in [0.15, 0.2) is 27.7 Å². The molecule has 0 aliphatic heterocycles. The summed E-state index contributed by atoms with van der Waals surface area (Å²) in [5, 5.41) is 2.89. The van der Waals surface area contributed by atoms with Crippen LogP contribution < -0.4 is 25.1 Å². The fourth-order valence-corrected chi connectivity index (χ4v) is 2.82. The molecule has 0 spiro atoms. The van der Waals surface area contributed by atoms with E-state index in [0.717, 1.165) is 0 Å². The van der Waals surface area contributed by atoms with Crippen molar-refractivity contribution in [2.75, 3.05) is 21.3 Å². The van der Waals surface area contributed by atoms with Gasteiger partial charge in [-0.05, 0) is 13.0 Å². The second-order valence-corrected chi connectivity index (χ2v) is 5.65. The summed E-state index contributed by atoms with van der Waals surface area (Å²) in [7, 11) is 4.57. The number of aromatic nitrogens is 2. The third-order valence-corrected chi connectivity index (χ3v) is 4.12. The first-order chi connectivity index (χ1) is 13.0. The van der Waals surface area contributed by atoms with Gasteiger partial charge in [0, 0.05) is 18.2 Å². The molecule has 3 aromatic rings. The molecule has 3 rings (SSSR count). The first kappa shape index (κ1) is 18.3. The largest absolute Gasteiger partial charge is 0.496 e. The van der Waals surface area contributed by atoms with Crippen LogP contribution in [-0.4, -0.2) is 37.2 Å². The molecule has 27 heavy (non-hydrogen) atoms. The number of hydrogen-bond donors (Lipinski definition) is 2. The maximum absolute atomic E-state index is 12.7. The smallest absolute Gasteiger partial charge is 0.262 e. The zero-order valence-corrected chi connectivity index (χ0v) is 15.3. The Morgan fingerprint density at radius 1 is 1.15 bits per heavy atom. The highest BCUT2D eigenvalue weighted by atomic mass is 16.5. The molecular weight excluding hydrogens is 354 g/mol. The van der Waals surface area contributed by atoms with Crippen molar-refractivity contribution in [2.45, 2.75) is 13.5 Å². The molecule has 0 aliphatic carbocycles. The number of nitrogens with one attached hydrogen (secondary N) is 2. The van der Waals surface area contributed by atoms with E-state index in [9.17, 15) is 9.59 Å². The monoisotopic (exact) mass is 373 g/mol. The molecule has 1 aromatic carbocycles. The summed E-state index contributed by atoms with van der Waals surface area (Å²) < 4.78 is 21.3. The molecule has 2 heterocycles. The van der Waals surface area contributed by atoms with Crippen LogP contribution in [0.25, 0.3) is 11.1 Å². The average Bonchev–Trinajstić information content (AvgIpc) is 3.02. The summed E-state index contributed by atoms with van der Waals surface area (Å²) in [6.07, 6.45) is 1.23. The molecule has 0 aliphatic rings. The Morgan fingerprint density at radius 2 is 1.81 bits per heavy atom. The van der Waals surface area contributed by atoms with Crippen LogP contribution in [0.2, 0.25) is 0 Å². The highest BCUT2D eigenvalue weighted by Gasteiger charge is 2.22. The number of carbonyl (C=O) groups is 1. The Morgan fingerprint density at radius 3 is 2.48 bits per heavy atom. The van der Waals surface area contributed by atoms with E-state index in [2.05, 4.69) is 15.3 Å². The lowest BCUT2D eigenvalue weighted by molar-refractivity contribution is 0.0950. The Bertz CT molecular complexity index is 1050. The fourth-order valence-electron chi connectivity index (χ4n) is 2.82. The van der Waals surface area contributed by atoms with Crippen molar-refractivity contribution in [3.8, 4) is 17.2 Å². The molecule has 9 nitrogen and oxygen atoms in total. The Hall–Kier alpha value is -3.49. The van der Waals surface area contributed by atoms with Crippen molar-refractivity contribution >= 4 is 17.0 Å². The second kappa shape index (κ2) is 7.40. The van der Waals surface area contributed by atoms with Crippen LogP contribution in [0.1, 0.15) is 21.7 Å². The number of H-pyrrole nitrogens is 1. The van der Waals surface area contributed by atoms with Gasteiger partial charge in [-0.15, -0.1) is 0 Å². The van der Waals surface area contributed by atoms with Gasteiger partial charge in [-0.25, -0.2) is 4.98 Å². The minimum atomic E-state index is -0.457. The van der Waals surface area contributed by atoms with Gasteiger partial charge in [0.25, 0.3) is 11.5 Å². The van der Waals surface area contributed by atoms with Crippen molar-refractivity contribution < 1.29 is 23.4 Å². The number of carbonyl (C=O) groups excluding carboxylic acids is 1. The van der Waals surface area contributed by atoms with E-state index in [1.807, 2.05) is 0 Å². The van der Waals surface area contributed by atoms with E-state index in [-0.39, 0.29) is 23.2 Å². The molecule has 1 amide bonds. The van der Waals surface area contributed by atoms with E-state index < -0.39 is 11.5 Å². The minimum Gasteiger partial charge on any atom is -0.496 e. The number of hydrogen-bond acceptors (Lipinski definition) is 7. The molecule has 0 unspecified atom stereocenters. The first-order valence-corrected chi connectivity index (χ1v) is 8.04. The van der Waals surface area contributed by atoms with Gasteiger partial charge in [0.05, 0.1) is 33.2 Å². The predicted octanol–water partition coefficient (Wildman–Crippen LogP) is 1.78. The fraction of sp³-hybridized carbons (Fsp3) is 0.278. The van der Waals surface area contributed by atoms with Gasteiger partial charge in [0.1, 0.15) is 16.9 Å². The Labute approximate surface area is 154 Å². The molecule has 0 fully saturated rings. The third-order valence-electron chi connectivity index (χ3n) is 4.12. The van der Waals surface area contributed by atoms with Crippen molar-refractivity contribution in [3.05, 3.63) is 45.7 Å². The number of amides is 1. The Balaban J connectivity index is 1.91. The summed E-state index contributed by atoms with van der Waals surface area (Å²) in [5.74, 6) is 1.40. The highest BCUT2D eigenvalue weighted by molar-refractivity contribution is 6.06. The van der Waals surface area contributed by atoms with Gasteiger partial charge in [-0.2, -0.15) is 0 Å². The van der Waals surface area contributed by atoms with E-state index >= 15 is 0 Å². The molecule has 2 N–H and O–H groups in total. The summed E-state index contributed by atoms with van der Waals surface area (Å²) >= 11 is 0. The Kier molecular flexibility index (Phi) is 5.02. The average molecular weight is 373 g/mol.